The van der Waals surface area contributed by atoms with Gasteiger partial charge in [-0.3, -0.25) is 4.79 Å². The third-order valence-electron chi connectivity index (χ3n) is 5.49. The summed E-state index contributed by atoms with van der Waals surface area (Å²) < 4.78 is 5.33. The summed E-state index contributed by atoms with van der Waals surface area (Å²) in [6, 6.07) is 5.78. The van der Waals surface area contributed by atoms with E-state index in [4.69, 9.17) is 22.1 Å². The Bertz CT molecular complexity index is 564. The SMILES string of the molecule is COc1cc(Cl)ccc1CNC(=O)C1CC2CCCC(C1)C2N. The molecule has 3 rings (SSSR count). The highest BCUT2D eigenvalue weighted by Gasteiger charge is 2.40. The third kappa shape index (κ3) is 3.64. The summed E-state index contributed by atoms with van der Waals surface area (Å²) in [5.41, 5.74) is 7.25. The van der Waals surface area contributed by atoms with Crippen molar-refractivity contribution >= 4 is 17.5 Å². The standard InChI is InChI=1S/C18H25ClN2O2/c1-23-16-9-15(19)6-5-13(16)10-21-18(22)14-7-11-3-2-4-12(8-14)17(11)20/h5-6,9,11-12,14,17H,2-4,7-8,10,20H2,1H3,(H,21,22). The van der Waals surface area contributed by atoms with Crippen LogP contribution in [0.3, 0.4) is 0 Å². The number of halogens is 1. The Morgan fingerprint density at radius 2 is 2.04 bits per heavy atom. The van der Waals surface area contributed by atoms with Crippen LogP contribution in [0.15, 0.2) is 18.2 Å². The minimum atomic E-state index is 0.100. The van der Waals surface area contributed by atoms with Crippen LogP contribution in [0.2, 0.25) is 5.02 Å². The first-order chi connectivity index (χ1) is 11.1. The summed E-state index contributed by atoms with van der Waals surface area (Å²) in [4.78, 5) is 12.6. The summed E-state index contributed by atoms with van der Waals surface area (Å²) in [6.45, 7) is 0.469. The maximum atomic E-state index is 12.6. The van der Waals surface area contributed by atoms with Gasteiger partial charge in [0.1, 0.15) is 5.75 Å². The second-order valence-electron chi connectivity index (χ2n) is 6.87. The molecular weight excluding hydrogens is 312 g/mol. The molecule has 0 heterocycles. The maximum Gasteiger partial charge on any atom is 0.223 e. The molecule has 0 aromatic heterocycles. The second-order valence-corrected chi connectivity index (χ2v) is 7.31. The minimum absolute atomic E-state index is 0.100. The van der Waals surface area contributed by atoms with Crippen molar-refractivity contribution in [1.82, 2.24) is 5.32 Å². The van der Waals surface area contributed by atoms with Gasteiger partial charge in [0, 0.05) is 29.1 Å². The van der Waals surface area contributed by atoms with E-state index in [1.165, 1.54) is 19.3 Å². The lowest BCUT2D eigenvalue weighted by molar-refractivity contribution is -0.128. The fraction of sp³-hybridized carbons (Fsp3) is 0.611. The normalized spacial score (nSPS) is 29.9. The lowest BCUT2D eigenvalue weighted by Crippen LogP contribution is -2.49. The van der Waals surface area contributed by atoms with Gasteiger partial charge >= 0.3 is 0 Å². The first-order valence-electron chi connectivity index (χ1n) is 8.44. The van der Waals surface area contributed by atoms with Crippen LogP contribution in [0.25, 0.3) is 0 Å². The van der Waals surface area contributed by atoms with Gasteiger partial charge in [-0.1, -0.05) is 24.1 Å². The average molecular weight is 337 g/mol. The molecule has 2 atom stereocenters. The highest BCUT2D eigenvalue weighted by atomic mass is 35.5. The Morgan fingerprint density at radius 1 is 1.35 bits per heavy atom. The van der Waals surface area contributed by atoms with Gasteiger partial charge in [-0.25, -0.2) is 0 Å². The summed E-state index contributed by atoms with van der Waals surface area (Å²) in [5, 5.41) is 3.69. The van der Waals surface area contributed by atoms with E-state index in [9.17, 15) is 4.79 Å². The highest BCUT2D eigenvalue weighted by molar-refractivity contribution is 6.30. The van der Waals surface area contributed by atoms with E-state index in [-0.39, 0.29) is 11.8 Å². The van der Waals surface area contributed by atoms with Crippen LogP contribution in [-0.4, -0.2) is 19.1 Å². The molecule has 0 aliphatic heterocycles. The molecule has 2 fully saturated rings. The third-order valence-corrected chi connectivity index (χ3v) is 5.72. The van der Waals surface area contributed by atoms with Gasteiger partial charge in [0.05, 0.1) is 7.11 Å². The molecule has 2 saturated carbocycles. The Balaban J connectivity index is 1.60. The van der Waals surface area contributed by atoms with Crippen LogP contribution >= 0.6 is 11.6 Å². The number of nitrogens with two attached hydrogens (primary N) is 1. The monoisotopic (exact) mass is 336 g/mol. The zero-order chi connectivity index (χ0) is 16.4. The van der Waals surface area contributed by atoms with E-state index in [1.807, 2.05) is 12.1 Å². The van der Waals surface area contributed by atoms with Crippen LogP contribution in [0.4, 0.5) is 0 Å². The molecular formula is C18H25ClN2O2. The number of fused-ring (bicyclic) bond motifs is 2. The van der Waals surface area contributed by atoms with E-state index in [2.05, 4.69) is 5.32 Å². The zero-order valence-corrected chi connectivity index (χ0v) is 14.3. The van der Waals surface area contributed by atoms with Gasteiger partial charge in [-0.15, -0.1) is 0 Å². The van der Waals surface area contributed by atoms with E-state index in [1.54, 1.807) is 13.2 Å². The van der Waals surface area contributed by atoms with Crippen molar-refractivity contribution in [2.45, 2.75) is 44.7 Å². The quantitative estimate of drug-likeness (QED) is 0.888. The zero-order valence-electron chi connectivity index (χ0n) is 13.6. The van der Waals surface area contributed by atoms with Crippen molar-refractivity contribution in [3.8, 4) is 5.75 Å². The van der Waals surface area contributed by atoms with E-state index < -0.39 is 0 Å². The topological polar surface area (TPSA) is 64.3 Å². The van der Waals surface area contributed by atoms with Crippen LogP contribution in [0.5, 0.6) is 5.75 Å². The highest BCUT2D eigenvalue weighted by Crippen LogP contribution is 2.41. The summed E-state index contributed by atoms with van der Waals surface area (Å²) in [7, 11) is 1.61. The van der Waals surface area contributed by atoms with Gasteiger partial charge in [0.25, 0.3) is 0 Å². The number of nitrogens with one attached hydrogen (secondary N) is 1. The first-order valence-corrected chi connectivity index (χ1v) is 8.82. The van der Waals surface area contributed by atoms with Crippen molar-refractivity contribution < 1.29 is 9.53 Å². The summed E-state index contributed by atoms with van der Waals surface area (Å²) >= 11 is 5.97. The molecule has 23 heavy (non-hydrogen) atoms. The molecule has 2 aliphatic carbocycles. The maximum absolute atomic E-state index is 12.6. The molecule has 1 aromatic carbocycles. The minimum Gasteiger partial charge on any atom is -0.496 e. The molecule has 126 valence electrons. The molecule has 3 N–H and O–H groups in total. The number of methoxy groups -OCH3 is 1. The number of ether oxygens (including phenoxy) is 1. The molecule has 4 nitrogen and oxygen atoms in total. The molecule has 1 amide bonds. The van der Waals surface area contributed by atoms with Crippen LogP contribution in [-0.2, 0) is 11.3 Å². The van der Waals surface area contributed by atoms with Crippen LogP contribution in [0.1, 0.15) is 37.7 Å². The lowest BCUT2D eigenvalue weighted by Gasteiger charge is -2.43. The lowest BCUT2D eigenvalue weighted by atomic mass is 9.65. The number of amides is 1. The molecule has 0 radical (unpaired) electrons. The van der Waals surface area contributed by atoms with Gasteiger partial charge in [0.15, 0.2) is 0 Å². The van der Waals surface area contributed by atoms with Gasteiger partial charge in [-0.05, 0) is 49.7 Å². The Hall–Kier alpha value is -1.26. The Morgan fingerprint density at radius 3 is 2.70 bits per heavy atom. The largest absolute Gasteiger partial charge is 0.496 e. The van der Waals surface area contributed by atoms with E-state index >= 15 is 0 Å². The van der Waals surface area contributed by atoms with Crippen molar-refractivity contribution in [3.63, 3.8) is 0 Å². The average Bonchev–Trinajstić information content (AvgIpc) is 2.53. The fourth-order valence-corrected chi connectivity index (χ4v) is 4.36. The predicted molar refractivity (Wildman–Crippen MR) is 91.4 cm³/mol. The van der Waals surface area contributed by atoms with Crippen molar-refractivity contribution in [2.24, 2.45) is 23.5 Å². The Labute approximate surface area is 142 Å². The number of hydrogen-bond donors (Lipinski definition) is 2. The van der Waals surface area contributed by atoms with Crippen molar-refractivity contribution in [3.05, 3.63) is 28.8 Å². The number of hydrogen-bond acceptors (Lipinski definition) is 3. The Kier molecular flexibility index (Phi) is 5.12. The number of carbonyl (C=O) groups excluding carboxylic acids is 1. The van der Waals surface area contributed by atoms with E-state index in [0.29, 0.717) is 35.2 Å². The molecule has 0 spiro atoms. The van der Waals surface area contributed by atoms with E-state index in [0.717, 1.165) is 18.4 Å². The first kappa shape index (κ1) is 16.6. The smallest absolute Gasteiger partial charge is 0.223 e. The van der Waals surface area contributed by atoms with Gasteiger partial charge in [-0.2, -0.15) is 0 Å². The van der Waals surface area contributed by atoms with Gasteiger partial charge in [0.2, 0.25) is 5.91 Å². The van der Waals surface area contributed by atoms with Crippen LogP contribution < -0.4 is 15.8 Å². The van der Waals surface area contributed by atoms with Crippen LogP contribution in [0, 0.1) is 17.8 Å². The molecule has 5 heteroatoms. The number of carbonyl (C=O) groups is 1. The molecule has 2 bridgehead atoms. The van der Waals surface area contributed by atoms with Crippen molar-refractivity contribution in [1.29, 1.82) is 0 Å². The fourth-order valence-electron chi connectivity index (χ4n) is 4.19. The molecule has 2 aliphatic rings. The summed E-state index contributed by atoms with van der Waals surface area (Å²) in [6.07, 6.45) is 5.47. The molecule has 2 unspecified atom stereocenters. The second kappa shape index (κ2) is 7.10. The van der Waals surface area contributed by atoms with Crippen molar-refractivity contribution in [2.75, 3.05) is 7.11 Å². The molecule has 0 saturated heterocycles. The predicted octanol–water partition coefficient (Wildman–Crippen LogP) is 3.12. The molecule has 1 aromatic rings. The number of benzene rings is 1. The summed E-state index contributed by atoms with van der Waals surface area (Å²) in [5.74, 6) is 1.99. The number of rotatable bonds is 4. The van der Waals surface area contributed by atoms with Gasteiger partial charge < -0.3 is 15.8 Å².